The Morgan fingerprint density at radius 1 is 1.39 bits per heavy atom. The molecule has 0 radical (unpaired) electrons. The summed E-state index contributed by atoms with van der Waals surface area (Å²) in [5.41, 5.74) is 7.54. The number of hydrogen-bond donors (Lipinski definition) is 2. The highest BCUT2D eigenvalue weighted by molar-refractivity contribution is 6.21. The average Bonchev–Trinajstić information content (AvgIpc) is 2.62. The smallest absolute Gasteiger partial charge is 0.312 e. The van der Waals surface area contributed by atoms with Gasteiger partial charge >= 0.3 is 5.97 Å². The van der Waals surface area contributed by atoms with Crippen LogP contribution in [0.1, 0.15) is 17.5 Å². The molecule has 6 nitrogen and oxygen atoms in total. The molecule has 1 aliphatic heterocycles. The van der Waals surface area contributed by atoms with E-state index in [2.05, 4.69) is 0 Å². The number of fused-ring (bicyclic) bond motifs is 1. The Balaban J connectivity index is 2.33. The number of carboxylic acid groups (broad SMARTS) is 1. The van der Waals surface area contributed by atoms with Crippen molar-refractivity contribution < 1.29 is 19.5 Å². The van der Waals surface area contributed by atoms with Crippen molar-refractivity contribution in [2.45, 2.75) is 19.4 Å². The molecule has 6 heteroatoms. The van der Waals surface area contributed by atoms with Gasteiger partial charge in [0.05, 0.1) is 12.1 Å². The fraction of sp³-hybridized carbons (Fsp3) is 0.250. The van der Waals surface area contributed by atoms with E-state index in [0.717, 1.165) is 10.5 Å². The summed E-state index contributed by atoms with van der Waals surface area (Å²) >= 11 is 0. The predicted octanol–water partition coefficient (Wildman–Crippen LogP) is 0.0357. The van der Waals surface area contributed by atoms with Gasteiger partial charge in [0.15, 0.2) is 0 Å². The maximum atomic E-state index is 11.7. The van der Waals surface area contributed by atoms with E-state index in [4.69, 9.17) is 10.8 Å². The number of carbonyl (C=O) groups is 3. The van der Waals surface area contributed by atoms with E-state index in [1.807, 2.05) is 0 Å². The average molecular weight is 248 g/mol. The number of rotatable bonds is 3. The molecule has 3 N–H and O–H groups in total. The first-order valence-electron chi connectivity index (χ1n) is 5.42. The second-order valence-corrected chi connectivity index (χ2v) is 4.04. The van der Waals surface area contributed by atoms with Crippen molar-refractivity contribution in [1.29, 1.82) is 0 Å². The van der Waals surface area contributed by atoms with E-state index in [1.165, 1.54) is 0 Å². The van der Waals surface area contributed by atoms with E-state index in [1.54, 1.807) is 18.2 Å². The van der Waals surface area contributed by atoms with Gasteiger partial charge in [-0.05, 0) is 17.2 Å². The summed E-state index contributed by atoms with van der Waals surface area (Å²) in [5, 5.41) is 8.59. The number of carbonyl (C=O) groups excluding carboxylic acids is 2. The molecule has 2 amide bonds. The Hall–Kier alpha value is -2.21. The normalized spacial score (nSPS) is 13.6. The van der Waals surface area contributed by atoms with Crippen LogP contribution in [0.3, 0.4) is 0 Å². The number of nitrogens with zero attached hydrogens (tertiary/aromatic N) is 1. The molecular formula is C12H12N2O4. The lowest BCUT2D eigenvalue weighted by molar-refractivity contribution is -0.140. The van der Waals surface area contributed by atoms with Crippen molar-refractivity contribution in [2.24, 2.45) is 5.73 Å². The maximum Gasteiger partial charge on any atom is 0.312 e. The van der Waals surface area contributed by atoms with Crippen LogP contribution in [0.15, 0.2) is 18.2 Å². The van der Waals surface area contributed by atoms with E-state index in [0.29, 0.717) is 17.8 Å². The topological polar surface area (TPSA) is 101 Å². The molecule has 94 valence electrons. The standard InChI is InChI=1S/C12H12N2O4/c13-6-7-1-2-9-8(3-7)4-10(15)14(9)11(16)5-12(17)18/h1-3H,4-6,13H2,(H,17,18). The molecule has 1 aromatic rings. The van der Waals surface area contributed by atoms with Crippen molar-refractivity contribution in [2.75, 3.05) is 4.90 Å². The minimum atomic E-state index is -1.25. The molecule has 2 rings (SSSR count). The summed E-state index contributed by atoms with van der Waals surface area (Å²) in [7, 11) is 0. The Morgan fingerprint density at radius 3 is 2.72 bits per heavy atom. The number of benzene rings is 1. The van der Waals surface area contributed by atoms with Crippen LogP contribution in [0.4, 0.5) is 5.69 Å². The van der Waals surface area contributed by atoms with Gasteiger partial charge in [0.2, 0.25) is 11.8 Å². The highest BCUT2D eigenvalue weighted by Crippen LogP contribution is 2.30. The van der Waals surface area contributed by atoms with E-state index in [9.17, 15) is 14.4 Å². The first kappa shape index (κ1) is 12.3. The number of nitrogens with two attached hydrogens (primary N) is 1. The Morgan fingerprint density at radius 2 is 2.11 bits per heavy atom. The van der Waals surface area contributed by atoms with Crippen molar-refractivity contribution >= 4 is 23.5 Å². The van der Waals surface area contributed by atoms with Crippen molar-refractivity contribution in [3.63, 3.8) is 0 Å². The van der Waals surface area contributed by atoms with Gasteiger partial charge in [-0.1, -0.05) is 12.1 Å². The summed E-state index contributed by atoms with van der Waals surface area (Å²) in [6, 6.07) is 5.11. The Labute approximate surface area is 103 Å². The third kappa shape index (κ3) is 2.10. The summed E-state index contributed by atoms with van der Waals surface area (Å²) in [5.74, 6) is -2.36. The zero-order valence-electron chi connectivity index (χ0n) is 9.55. The van der Waals surface area contributed by atoms with Crippen LogP contribution in [0.5, 0.6) is 0 Å². The second kappa shape index (κ2) is 4.58. The molecule has 1 aromatic carbocycles. The molecule has 0 unspecified atom stereocenters. The van der Waals surface area contributed by atoms with Crippen molar-refractivity contribution in [1.82, 2.24) is 0 Å². The summed E-state index contributed by atoms with van der Waals surface area (Å²) in [6.45, 7) is 0.352. The van der Waals surface area contributed by atoms with Crippen molar-refractivity contribution in [3.8, 4) is 0 Å². The second-order valence-electron chi connectivity index (χ2n) is 4.04. The minimum absolute atomic E-state index is 0.106. The molecule has 1 heterocycles. The van der Waals surface area contributed by atoms with Gasteiger partial charge in [-0.15, -0.1) is 0 Å². The molecule has 0 atom stereocenters. The van der Waals surface area contributed by atoms with E-state index < -0.39 is 24.2 Å². The quantitative estimate of drug-likeness (QED) is 0.735. The summed E-state index contributed by atoms with van der Waals surface area (Å²) < 4.78 is 0. The highest BCUT2D eigenvalue weighted by atomic mass is 16.4. The van der Waals surface area contributed by atoms with Crippen LogP contribution in [-0.4, -0.2) is 22.9 Å². The van der Waals surface area contributed by atoms with Crippen LogP contribution in [0.25, 0.3) is 0 Å². The van der Waals surface area contributed by atoms with Crippen LogP contribution in [-0.2, 0) is 27.3 Å². The molecular weight excluding hydrogens is 236 g/mol. The SMILES string of the molecule is NCc1ccc2c(c1)CC(=O)N2C(=O)CC(=O)O. The molecule has 0 bridgehead atoms. The van der Waals surface area contributed by atoms with Gasteiger partial charge in [-0.3, -0.25) is 14.4 Å². The van der Waals surface area contributed by atoms with Crippen LogP contribution < -0.4 is 10.6 Å². The van der Waals surface area contributed by atoms with E-state index in [-0.39, 0.29) is 6.42 Å². The first-order valence-corrected chi connectivity index (χ1v) is 5.42. The number of anilines is 1. The minimum Gasteiger partial charge on any atom is -0.481 e. The zero-order chi connectivity index (χ0) is 13.3. The number of aliphatic carboxylic acids is 1. The molecule has 0 aliphatic carbocycles. The lowest BCUT2D eigenvalue weighted by Gasteiger charge is -2.14. The van der Waals surface area contributed by atoms with Gasteiger partial charge in [0.1, 0.15) is 6.42 Å². The molecule has 18 heavy (non-hydrogen) atoms. The Kier molecular flexibility index (Phi) is 3.12. The third-order valence-corrected chi connectivity index (χ3v) is 2.76. The first-order chi connectivity index (χ1) is 8.52. The Bertz CT molecular complexity index is 539. The van der Waals surface area contributed by atoms with Crippen LogP contribution in [0.2, 0.25) is 0 Å². The van der Waals surface area contributed by atoms with Gasteiger partial charge < -0.3 is 10.8 Å². The fourth-order valence-electron chi connectivity index (χ4n) is 1.98. The van der Waals surface area contributed by atoms with E-state index >= 15 is 0 Å². The summed E-state index contributed by atoms with van der Waals surface area (Å²) in [4.78, 5) is 34.9. The highest BCUT2D eigenvalue weighted by Gasteiger charge is 2.33. The predicted molar refractivity (Wildman–Crippen MR) is 62.8 cm³/mol. The van der Waals surface area contributed by atoms with Crippen LogP contribution in [0, 0.1) is 0 Å². The number of carboxylic acids is 1. The fourth-order valence-corrected chi connectivity index (χ4v) is 1.98. The summed E-state index contributed by atoms with van der Waals surface area (Å²) in [6.07, 6.45) is -0.585. The largest absolute Gasteiger partial charge is 0.481 e. The number of hydrogen-bond acceptors (Lipinski definition) is 4. The van der Waals surface area contributed by atoms with Crippen molar-refractivity contribution in [3.05, 3.63) is 29.3 Å². The number of amides is 2. The monoisotopic (exact) mass is 248 g/mol. The zero-order valence-corrected chi connectivity index (χ0v) is 9.55. The lowest BCUT2D eigenvalue weighted by Crippen LogP contribution is -2.34. The molecule has 0 fully saturated rings. The molecule has 1 aliphatic rings. The van der Waals surface area contributed by atoms with Gasteiger partial charge in [0, 0.05) is 6.54 Å². The number of imide groups is 1. The van der Waals surface area contributed by atoms with Crippen LogP contribution >= 0.6 is 0 Å². The lowest BCUT2D eigenvalue weighted by atomic mass is 10.1. The van der Waals surface area contributed by atoms with Gasteiger partial charge in [0.25, 0.3) is 0 Å². The van der Waals surface area contributed by atoms with Gasteiger partial charge in [-0.2, -0.15) is 0 Å². The molecule has 0 saturated carbocycles. The molecule has 0 aromatic heterocycles. The molecule has 0 spiro atoms. The van der Waals surface area contributed by atoms with Gasteiger partial charge in [-0.25, -0.2) is 4.90 Å². The maximum absolute atomic E-state index is 11.7. The molecule has 0 saturated heterocycles. The third-order valence-electron chi connectivity index (χ3n) is 2.76.